The Kier molecular flexibility index (Phi) is 3.51. The number of rotatable bonds is 3. The van der Waals surface area contributed by atoms with Gasteiger partial charge in [0.05, 0.1) is 16.3 Å². The lowest BCUT2D eigenvalue weighted by Gasteiger charge is -2.07. The van der Waals surface area contributed by atoms with Crippen LogP contribution < -0.4 is 5.73 Å². The molecule has 1 heterocycles. The Bertz CT molecular complexity index is 694. The summed E-state index contributed by atoms with van der Waals surface area (Å²) < 4.78 is 1.09. The third-order valence-electron chi connectivity index (χ3n) is 2.98. The van der Waals surface area contributed by atoms with Crippen LogP contribution in [0.5, 0.6) is 0 Å². The minimum Gasteiger partial charge on any atom is -0.322 e. The van der Waals surface area contributed by atoms with Gasteiger partial charge in [-0.05, 0) is 30.2 Å². The summed E-state index contributed by atoms with van der Waals surface area (Å²) in [7, 11) is 0. The van der Waals surface area contributed by atoms with Crippen molar-refractivity contribution in [3.8, 4) is 0 Å². The van der Waals surface area contributed by atoms with E-state index in [1.54, 1.807) is 11.3 Å². The fourth-order valence-electron chi connectivity index (χ4n) is 2.03. The third kappa shape index (κ3) is 2.78. The lowest BCUT2D eigenvalue weighted by atomic mass is 10.1. The van der Waals surface area contributed by atoms with E-state index in [1.165, 1.54) is 5.56 Å². The number of nitrogens with two attached hydrogens (primary N) is 1. The lowest BCUT2D eigenvalue weighted by molar-refractivity contribution is 0.717. The predicted molar refractivity (Wildman–Crippen MR) is 81.7 cm³/mol. The fraction of sp³-hybridized carbons (Fsp3) is 0.133. The van der Waals surface area contributed by atoms with Crippen molar-refractivity contribution in [2.24, 2.45) is 5.73 Å². The van der Waals surface area contributed by atoms with Crippen molar-refractivity contribution in [2.45, 2.75) is 12.5 Å². The van der Waals surface area contributed by atoms with Gasteiger partial charge in [0.2, 0.25) is 0 Å². The zero-order chi connectivity index (χ0) is 13.2. The summed E-state index contributed by atoms with van der Waals surface area (Å²) in [5, 5.41) is 1.69. The molecule has 2 nitrogen and oxygen atoms in total. The van der Waals surface area contributed by atoms with E-state index in [-0.39, 0.29) is 6.04 Å². The first-order valence-electron chi connectivity index (χ1n) is 6.08. The van der Waals surface area contributed by atoms with Gasteiger partial charge in [-0.2, -0.15) is 0 Å². The maximum Gasteiger partial charge on any atom is 0.111 e. The molecular formula is C15H13ClN2S. The van der Waals surface area contributed by atoms with Crippen LogP contribution in [-0.4, -0.2) is 4.98 Å². The molecule has 1 unspecified atom stereocenters. The normalized spacial score (nSPS) is 12.7. The van der Waals surface area contributed by atoms with E-state index in [1.807, 2.05) is 36.4 Å². The molecule has 0 saturated heterocycles. The van der Waals surface area contributed by atoms with Crippen LogP contribution in [0, 0.1) is 0 Å². The molecule has 0 radical (unpaired) electrons. The van der Waals surface area contributed by atoms with E-state index >= 15 is 0 Å². The molecule has 2 aromatic carbocycles. The number of hydrogen-bond donors (Lipinski definition) is 1. The summed E-state index contributed by atoms with van der Waals surface area (Å²) in [6.07, 6.45) is 0.800. The standard InChI is InChI=1S/C15H13ClN2S/c16-11-6-7-13-14(9-11)19-15(18-13)12(17)8-10-4-2-1-3-5-10/h1-7,9,12H,8,17H2. The highest BCUT2D eigenvalue weighted by atomic mass is 35.5. The molecule has 3 aromatic rings. The monoisotopic (exact) mass is 288 g/mol. The molecule has 4 heteroatoms. The van der Waals surface area contributed by atoms with Gasteiger partial charge in [-0.1, -0.05) is 41.9 Å². The molecule has 96 valence electrons. The van der Waals surface area contributed by atoms with E-state index in [9.17, 15) is 0 Å². The second-order valence-electron chi connectivity index (χ2n) is 4.46. The zero-order valence-electron chi connectivity index (χ0n) is 10.2. The van der Waals surface area contributed by atoms with Gasteiger partial charge in [0.15, 0.2) is 0 Å². The van der Waals surface area contributed by atoms with Crippen LogP contribution in [0.3, 0.4) is 0 Å². The first kappa shape index (κ1) is 12.6. The second kappa shape index (κ2) is 5.29. The molecule has 19 heavy (non-hydrogen) atoms. The zero-order valence-corrected chi connectivity index (χ0v) is 11.8. The van der Waals surface area contributed by atoms with E-state index in [0.29, 0.717) is 0 Å². The van der Waals surface area contributed by atoms with Crippen molar-refractivity contribution in [2.75, 3.05) is 0 Å². The number of halogens is 1. The first-order chi connectivity index (χ1) is 9.22. The topological polar surface area (TPSA) is 38.9 Å². The Morgan fingerprint density at radius 2 is 1.95 bits per heavy atom. The molecule has 0 fully saturated rings. The lowest BCUT2D eigenvalue weighted by Crippen LogP contribution is -2.12. The molecule has 0 aliphatic rings. The molecule has 0 saturated carbocycles. The van der Waals surface area contributed by atoms with Crippen LogP contribution in [0.4, 0.5) is 0 Å². The summed E-state index contributed by atoms with van der Waals surface area (Å²) in [5.41, 5.74) is 8.44. The van der Waals surface area contributed by atoms with Gasteiger partial charge in [0.1, 0.15) is 5.01 Å². The van der Waals surface area contributed by atoms with Crippen LogP contribution in [0.25, 0.3) is 10.2 Å². The first-order valence-corrected chi connectivity index (χ1v) is 7.27. The Labute approximate surface area is 120 Å². The Balaban J connectivity index is 1.87. The van der Waals surface area contributed by atoms with Crippen molar-refractivity contribution < 1.29 is 0 Å². The number of thiazole rings is 1. The molecule has 0 bridgehead atoms. The molecule has 0 aliphatic heterocycles. The second-order valence-corrected chi connectivity index (χ2v) is 5.96. The van der Waals surface area contributed by atoms with Crippen molar-refractivity contribution in [1.82, 2.24) is 4.98 Å². The fourth-order valence-corrected chi connectivity index (χ4v) is 3.28. The van der Waals surface area contributed by atoms with Gasteiger partial charge in [-0.25, -0.2) is 4.98 Å². The molecule has 1 aromatic heterocycles. The third-order valence-corrected chi connectivity index (χ3v) is 4.37. The highest BCUT2D eigenvalue weighted by Gasteiger charge is 2.12. The molecule has 0 amide bonds. The quantitative estimate of drug-likeness (QED) is 0.785. The minimum atomic E-state index is -0.0708. The Hall–Kier alpha value is -1.42. The molecule has 0 aliphatic carbocycles. The van der Waals surface area contributed by atoms with Gasteiger partial charge in [0.25, 0.3) is 0 Å². The van der Waals surface area contributed by atoms with Crippen LogP contribution in [0.2, 0.25) is 5.02 Å². The number of benzene rings is 2. The number of nitrogens with zero attached hydrogens (tertiary/aromatic N) is 1. The minimum absolute atomic E-state index is 0.0708. The van der Waals surface area contributed by atoms with Crippen LogP contribution in [0.15, 0.2) is 48.5 Å². The van der Waals surface area contributed by atoms with Gasteiger partial charge >= 0.3 is 0 Å². The van der Waals surface area contributed by atoms with Gasteiger partial charge < -0.3 is 5.73 Å². The van der Waals surface area contributed by atoms with Crippen molar-refractivity contribution >= 4 is 33.2 Å². The molecule has 3 rings (SSSR count). The summed E-state index contributed by atoms with van der Waals surface area (Å²) in [4.78, 5) is 4.58. The number of fused-ring (bicyclic) bond motifs is 1. The van der Waals surface area contributed by atoms with Crippen molar-refractivity contribution in [1.29, 1.82) is 0 Å². The molecule has 0 spiro atoms. The predicted octanol–water partition coefficient (Wildman–Crippen LogP) is 4.19. The van der Waals surface area contributed by atoms with Gasteiger partial charge in [-0.3, -0.25) is 0 Å². The number of aromatic nitrogens is 1. The summed E-state index contributed by atoms with van der Waals surface area (Å²) in [5.74, 6) is 0. The van der Waals surface area contributed by atoms with Crippen molar-refractivity contribution in [3.63, 3.8) is 0 Å². The molecule has 2 N–H and O–H groups in total. The summed E-state index contributed by atoms with van der Waals surface area (Å²) in [6, 6.07) is 15.9. The van der Waals surface area contributed by atoms with Crippen LogP contribution in [0.1, 0.15) is 16.6 Å². The Morgan fingerprint density at radius 3 is 2.74 bits per heavy atom. The van der Waals surface area contributed by atoms with Gasteiger partial charge in [0, 0.05) is 5.02 Å². The highest BCUT2D eigenvalue weighted by molar-refractivity contribution is 7.18. The molecular weight excluding hydrogens is 276 g/mol. The van der Waals surface area contributed by atoms with E-state index < -0.39 is 0 Å². The molecule has 1 atom stereocenters. The van der Waals surface area contributed by atoms with Crippen LogP contribution >= 0.6 is 22.9 Å². The van der Waals surface area contributed by atoms with Gasteiger partial charge in [-0.15, -0.1) is 11.3 Å². The average Bonchev–Trinajstić information content (AvgIpc) is 2.83. The van der Waals surface area contributed by atoms with Crippen molar-refractivity contribution in [3.05, 3.63) is 64.1 Å². The largest absolute Gasteiger partial charge is 0.322 e. The maximum atomic E-state index is 6.24. The SMILES string of the molecule is NC(Cc1ccccc1)c1nc2ccc(Cl)cc2s1. The van der Waals surface area contributed by atoms with Crippen LogP contribution in [-0.2, 0) is 6.42 Å². The maximum absolute atomic E-state index is 6.24. The average molecular weight is 289 g/mol. The summed E-state index contributed by atoms with van der Waals surface area (Å²) in [6.45, 7) is 0. The van der Waals surface area contributed by atoms with E-state index in [4.69, 9.17) is 17.3 Å². The Morgan fingerprint density at radius 1 is 1.16 bits per heavy atom. The number of hydrogen-bond acceptors (Lipinski definition) is 3. The highest BCUT2D eigenvalue weighted by Crippen LogP contribution is 2.29. The van der Waals surface area contributed by atoms with E-state index in [2.05, 4.69) is 17.1 Å². The van der Waals surface area contributed by atoms with E-state index in [0.717, 1.165) is 26.7 Å². The summed E-state index contributed by atoms with van der Waals surface area (Å²) >= 11 is 7.60. The smallest absolute Gasteiger partial charge is 0.111 e.